The fourth-order valence-corrected chi connectivity index (χ4v) is 4.13. The molecule has 1 N–H and O–H groups in total. The zero-order valence-corrected chi connectivity index (χ0v) is 16.4. The Morgan fingerprint density at radius 2 is 1.72 bits per heavy atom. The molecule has 3 aromatic carbocycles. The van der Waals surface area contributed by atoms with Crippen LogP contribution in [-0.4, -0.2) is 28.0 Å². The monoisotopic (exact) mass is 414 g/mol. The minimum absolute atomic E-state index is 0.0429. The van der Waals surface area contributed by atoms with E-state index in [0.29, 0.717) is 5.75 Å². The Hall–Kier alpha value is -3.39. The molecule has 0 atom stereocenters. The summed E-state index contributed by atoms with van der Waals surface area (Å²) in [5.74, 6) is -0.677. The molecule has 0 radical (unpaired) electrons. The number of amides is 1. The SMILES string of the molecule is COc1cccc(N(CC(=O)Nc2cccc(F)c2)S(=O)(=O)c2ccccc2)c1. The lowest BCUT2D eigenvalue weighted by Gasteiger charge is -2.24. The van der Waals surface area contributed by atoms with Crippen LogP contribution in [0.3, 0.4) is 0 Å². The average Bonchev–Trinajstić information content (AvgIpc) is 2.72. The van der Waals surface area contributed by atoms with Crippen molar-refractivity contribution in [2.75, 3.05) is 23.3 Å². The van der Waals surface area contributed by atoms with E-state index in [2.05, 4.69) is 5.32 Å². The summed E-state index contributed by atoms with van der Waals surface area (Å²) in [6, 6.07) is 19.6. The molecule has 0 bridgehead atoms. The summed E-state index contributed by atoms with van der Waals surface area (Å²) in [5, 5.41) is 2.52. The van der Waals surface area contributed by atoms with E-state index in [1.807, 2.05) is 0 Å². The molecule has 29 heavy (non-hydrogen) atoms. The molecule has 150 valence electrons. The third-order valence-electron chi connectivity index (χ3n) is 4.07. The van der Waals surface area contributed by atoms with Gasteiger partial charge in [-0.25, -0.2) is 12.8 Å². The number of rotatable bonds is 7. The van der Waals surface area contributed by atoms with E-state index in [4.69, 9.17) is 4.74 Å². The van der Waals surface area contributed by atoms with Gasteiger partial charge in [0.25, 0.3) is 10.0 Å². The lowest BCUT2D eigenvalue weighted by atomic mass is 10.3. The zero-order valence-electron chi connectivity index (χ0n) is 15.6. The molecule has 1 amide bonds. The van der Waals surface area contributed by atoms with Gasteiger partial charge < -0.3 is 10.1 Å². The molecule has 0 aliphatic heterocycles. The third-order valence-corrected chi connectivity index (χ3v) is 5.86. The van der Waals surface area contributed by atoms with E-state index in [9.17, 15) is 17.6 Å². The Bertz CT molecular complexity index is 1100. The van der Waals surface area contributed by atoms with Gasteiger partial charge in [-0.05, 0) is 42.5 Å². The van der Waals surface area contributed by atoms with Crippen LogP contribution in [0, 0.1) is 5.82 Å². The second kappa shape index (κ2) is 8.74. The van der Waals surface area contributed by atoms with Crippen molar-refractivity contribution in [1.82, 2.24) is 0 Å². The van der Waals surface area contributed by atoms with Gasteiger partial charge in [-0.1, -0.05) is 30.3 Å². The number of carbonyl (C=O) groups excluding carboxylic acids is 1. The van der Waals surface area contributed by atoms with Crippen LogP contribution in [0.25, 0.3) is 0 Å². The molecule has 0 spiro atoms. The molecular weight excluding hydrogens is 395 g/mol. The molecule has 0 saturated carbocycles. The van der Waals surface area contributed by atoms with Crippen molar-refractivity contribution < 1.29 is 22.3 Å². The Morgan fingerprint density at radius 3 is 2.41 bits per heavy atom. The number of nitrogens with one attached hydrogen (secondary N) is 1. The van der Waals surface area contributed by atoms with Gasteiger partial charge in [0, 0.05) is 11.8 Å². The summed E-state index contributed by atoms with van der Waals surface area (Å²) in [5.41, 5.74) is 0.500. The maximum absolute atomic E-state index is 13.4. The number of benzene rings is 3. The fraction of sp³-hybridized carbons (Fsp3) is 0.0952. The first-order valence-corrected chi connectivity index (χ1v) is 10.1. The second-order valence-electron chi connectivity index (χ2n) is 6.08. The maximum atomic E-state index is 13.4. The standard InChI is InChI=1S/C21H19FN2O4S/c1-28-19-10-6-9-18(14-19)24(29(26,27)20-11-3-2-4-12-20)15-21(25)23-17-8-5-7-16(22)13-17/h2-14H,15H2,1H3,(H,23,25). The first-order valence-electron chi connectivity index (χ1n) is 8.67. The van der Waals surface area contributed by atoms with Crippen LogP contribution in [0.1, 0.15) is 0 Å². The van der Waals surface area contributed by atoms with Gasteiger partial charge in [0.2, 0.25) is 5.91 Å². The number of carbonyl (C=O) groups is 1. The highest BCUT2D eigenvalue weighted by atomic mass is 32.2. The summed E-state index contributed by atoms with van der Waals surface area (Å²) in [7, 11) is -2.57. The van der Waals surface area contributed by atoms with Crippen LogP contribution in [0.2, 0.25) is 0 Å². The van der Waals surface area contributed by atoms with Crippen LogP contribution in [0.5, 0.6) is 5.75 Å². The first-order chi connectivity index (χ1) is 13.9. The van der Waals surface area contributed by atoms with Crippen LogP contribution < -0.4 is 14.4 Å². The average molecular weight is 414 g/mol. The molecule has 6 nitrogen and oxygen atoms in total. The number of ether oxygens (including phenoxy) is 1. The lowest BCUT2D eigenvalue weighted by molar-refractivity contribution is -0.114. The summed E-state index contributed by atoms with van der Waals surface area (Å²) in [4.78, 5) is 12.6. The summed E-state index contributed by atoms with van der Waals surface area (Å²) in [6.07, 6.45) is 0. The van der Waals surface area contributed by atoms with E-state index in [1.165, 1.54) is 43.5 Å². The molecule has 3 rings (SSSR count). The van der Waals surface area contributed by atoms with Crippen molar-refractivity contribution >= 4 is 27.3 Å². The minimum Gasteiger partial charge on any atom is -0.497 e. The van der Waals surface area contributed by atoms with Gasteiger partial charge >= 0.3 is 0 Å². The largest absolute Gasteiger partial charge is 0.497 e. The molecule has 0 aromatic heterocycles. The van der Waals surface area contributed by atoms with Gasteiger partial charge in [-0.2, -0.15) is 0 Å². The van der Waals surface area contributed by atoms with Crippen LogP contribution in [0.15, 0.2) is 83.8 Å². The van der Waals surface area contributed by atoms with Crippen molar-refractivity contribution in [2.45, 2.75) is 4.90 Å². The van der Waals surface area contributed by atoms with E-state index < -0.39 is 28.3 Å². The van der Waals surface area contributed by atoms with Gasteiger partial charge in [0.05, 0.1) is 17.7 Å². The predicted molar refractivity (Wildman–Crippen MR) is 109 cm³/mol. The first kappa shape index (κ1) is 20.3. The number of hydrogen-bond donors (Lipinski definition) is 1. The maximum Gasteiger partial charge on any atom is 0.264 e. The molecule has 0 heterocycles. The Labute approximate surface area is 168 Å². The van der Waals surface area contributed by atoms with Crippen LogP contribution in [0.4, 0.5) is 15.8 Å². The summed E-state index contributed by atoms with van der Waals surface area (Å²) in [6.45, 7) is -0.499. The number of halogens is 1. The second-order valence-corrected chi connectivity index (χ2v) is 7.95. The normalized spacial score (nSPS) is 11.0. The molecule has 0 aliphatic rings. The predicted octanol–water partition coefficient (Wildman–Crippen LogP) is 3.67. The number of methoxy groups -OCH3 is 1. The van der Waals surface area contributed by atoms with Crippen LogP contribution in [-0.2, 0) is 14.8 Å². The highest BCUT2D eigenvalue weighted by Crippen LogP contribution is 2.27. The molecule has 3 aromatic rings. The van der Waals surface area contributed by atoms with Gasteiger partial charge in [-0.15, -0.1) is 0 Å². The smallest absolute Gasteiger partial charge is 0.264 e. The number of anilines is 2. The highest BCUT2D eigenvalue weighted by molar-refractivity contribution is 7.92. The molecule has 8 heteroatoms. The van der Waals surface area contributed by atoms with Crippen molar-refractivity contribution in [3.8, 4) is 5.75 Å². The number of nitrogens with zero attached hydrogens (tertiary/aromatic N) is 1. The van der Waals surface area contributed by atoms with Gasteiger partial charge in [0.15, 0.2) is 0 Å². The Balaban J connectivity index is 1.95. The van der Waals surface area contributed by atoms with Crippen molar-refractivity contribution in [1.29, 1.82) is 0 Å². The molecule has 0 saturated heterocycles. The Kier molecular flexibility index (Phi) is 6.13. The zero-order chi connectivity index (χ0) is 20.9. The van der Waals surface area contributed by atoms with Crippen molar-refractivity contribution in [3.63, 3.8) is 0 Å². The van der Waals surface area contributed by atoms with Crippen molar-refractivity contribution in [2.24, 2.45) is 0 Å². The third kappa shape index (κ3) is 4.91. The van der Waals surface area contributed by atoms with E-state index >= 15 is 0 Å². The molecular formula is C21H19FN2O4S. The molecule has 0 unspecified atom stereocenters. The topological polar surface area (TPSA) is 75.7 Å². The van der Waals surface area contributed by atoms with Crippen LogP contribution >= 0.6 is 0 Å². The number of hydrogen-bond acceptors (Lipinski definition) is 4. The Morgan fingerprint density at radius 1 is 1.00 bits per heavy atom. The van der Waals surface area contributed by atoms with E-state index in [0.717, 1.165) is 10.4 Å². The van der Waals surface area contributed by atoms with E-state index in [1.54, 1.807) is 36.4 Å². The molecule has 0 aliphatic carbocycles. The summed E-state index contributed by atoms with van der Waals surface area (Å²) >= 11 is 0. The number of sulfonamides is 1. The van der Waals surface area contributed by atoms with Gasteiger partial charge in [-0.3, -0.25) is 9.10 Å². The quantitative estimate of drug-likeness (QED) is 0.640. The van der Waals surface area contributed by atoms with Crippen molar-refractivity contribution in [3.05, 3.63) is 84.7 Å². The fourth-order valence-electron chi connectivity index (χ4n) is 2.70. The molecule has 0 fully saturated rings. The van der Waals surface area contributed by atoms with E-state index in [-0.39, 0.29) is 16.3 Å². The van der Waals surface area contributed by atoms with Gasteiger partial charge in [0.1, 0.15) is 18.1 Å². The highest BCUT2D eigenvalue weighted by Gasteiger charge is 2.27. The summed E-state index contributed by atoms with van der Waals surface area (Å²) < 4.78 is 46.0. The lowest BCUT2D eigenvalue weighted by Crippen LogP contribution is -2.38. The minimum atomic E-state index is -4.03.